The van der Waals surface area contributed by atoms with Crippen LogP contribution in [0.1, 0.15) is 38.7 Å². The number of hydrogen-bond donors (Lipinski definition) is 3. The number of aliphatic carboxylic acids is 1. The maximum atomic E-state index is 13.6. The number of likely N-dealkylation sites (tertiary alicyclic amines) is 1. The van der Waals surface area contributed by atoms with E-state index >= 15 is 0 Å². The van der Waals surface area contributed by atoms with E-state index in [4.69, 9.17) is 0 Å². The molecule has 0 spiro atoms. The fourth-order valence-electron chi connectivity index (χ4n) is 6.19. The first-order valence-electron chi connectivity index (χ1n) is 10.9. The minimum atomic E-state index is -0.744. The Labute approximate surface area is 173 Å². The summed E-state index contributed by atoms with van der Waals surface area (Å²) < 4.78 is 0. The molecule has 4 fully saturated rings. The van der Waals surface area contributed by atoms with E-state index in [0.29, 0.717) is 30.7 Å². The minimum absolute atomic E-state index is 0.0810. The SMILES string of the molecule is CC(C)CN1C[C@@H]2C[C@H]3CN[C@]2(C(=O)NCc2ccccc2)[C@@H]1[C@@H]3CCC(=O)O. The summed E-state index contributed by atoms with van der Waals surface area (Å²) in [5, 5.41) is 16.1. The van der Waals surface area contributed by atoms with Crippen LogP contribution in [0.5, 0.6) is 0 Å². The van der Waals surface area contributed by atoms with Gasteiger partial charge in [0.15, 0.2) is 0 Å². The summed E-state index contributed by atoms with van der Waals surface area (Å²) in [4.78, 5) is 27.4. The van der Waals surface area contributed by atoms with Crippen LogP contribution in [0.4, 0.5) is 0 Å². The smallest absolute Gasteiger partial charge is 0.303 e. The second-order valence-corrected chi connectivity index (χ2v) is 9.50. The Morgan fingerprint density at radius 2 is 2.07 bits per heavy atom. The van der Waals surface area contributed by atoms with E-state index in [-0.39, 0.29) is 24.3 Å². The van der Waals surface area contributed by atoms with Crippen LogP contribution >= 0.6 is 0 Å². The summed E-state index contributed by atoms with van der Waals surface area (Å²) in [5.41, 5.74) is 0.497. The molecule has 3 heterocycles. The van der Waals surface area contributed by atoms with Crippen LogP contribution in [0, 0.1) is 23.7 Å². The number of carbonyl (C=O) groups is 2. The Morgan fingerprint density at radius 1 is 1.31 bits per heavy atom. The van der Waals surface area contributed by atoms with Crippen molar-refractivity contribution < 1.29 is 14.7 Å². The molecule has 0 radical (unpaired) electrons. The number of hydrogen-bond acceptors (Lipinski definition) is 4. The van der Waals surface area contributed by atoms with Crippen molar-refractivity contribution in [2.45, 2.75) is 51.2 Å². The van der Waals surface area contributed by atoms with Crippen molar-refractivity contribution in [2.24, 2.45) is 23.7 Å². The minimum Gasteiger partial charge on any atom is -0.481 e. The number of rotatable bonds is 8. The number of piperidine rings is 2. The fourth-order valence-corrected chi connectivity index (χ4v) is 6.19. The molecule has 29 heavy (non-hydrogen) atoms. The van der Waals surface area contributed by atoms with Crippen molar-refractivity contribution in [1.82, 2.24) is 15.5 Å². The molecule has 5 atom stereocenters. The molecule has 0 unspecified atom stereocenters. The number of benzene rings is 1. The van der Waals surface area contributed by atoms with Gasteiger partial charge >= 0.3 is 5.97 Å². The highest BCUT2D eigenvalue weighted by Crippen LogP contribution is 2.53. The first-order chi connectivity index (χ1) is 13.9. The lowest BCUT2D eigenvalue weighted by atomic mass is 9.58. The molecule has 1 aromatic carbocycles. The molecule has 158 valence electrons. The largest absolute Gasteiger partial charge is 0.481 e. The van der Waals surface area contributed by atoms with Crippen LogP contribution in [-0.2, 0) is 16.1 Å². The topological polar surface area (TPSA) is 81.7 Å². The number of nitrogens with zero attached hydrogens (tertiary/aromatic N) is 1. The molecule has 0 aromatic heterocycles. The average molecular weight is 400 g/mol. The van der Waals surface area contributed by atoms with Crippen LogP contribution in [0.2, 0.25) is 0 Å². The second-order valence-electron chi connectivity index (χ2n) is 9.50. The molecule has 4 bridgehead atoms. The van der Waals surface area contributed by atoms with Gasteiger partial charge in [0, 0.05) is 38.0 Å². The van der Waals surface area contributed by atoms with Crippen molar-refractivity contribution in [2.75, 3.05) is 19.6 Å². The van der Waals surface area contributed by atoms with Gasteiger partial charge in [-0.2, -0.15) is 0 Å². The fraction of sp³-hybridized carbons (Fsp3) is 0.652. The van der Waals surface area contributed by atoms with E-state index in [1.165, 1.54) is 0 Å². The van der Waals surface area contributed by atoms with Gasteiger partial charge in [-0.3, -0.25) is 14.5 Å². The van der Waals surface area contributed by atoms with Gasteiger partial charge in [-0.15, -0.1) is 0 Å². The zero-order valence-electron chi connectivity index (χ0n) is 17.4. The Balaban J connectivity index is 1.59. The monoisotopic (exact) mass is 399 g/mol. The maximum Gasteiger partial charge on any atom is 0.303 e. The number of carboxylic acids is 1. The van der Waals surface area contributed by atoms with Crippen molar-refractivity contribution in [1.29, 1.82) is 0 Å². The second kappa shape index (κ2) is 8.07. The highest BCUT2D eigenvalue weighted by Gasteiger charge is 2.67. The van der Waals surface area contributed by atoms with Crippen molar-refractivity contribution in [3.8, 4) is 0 Å². The zero-order chi connectivity index (χ0) is 20.6. The molecule has 6 nitrogen and oxygen atoms in total. The van der Waals surface area contributed by atoms with Gasteiger partial charge in [-0.05, 0) is 42.7 Å². The number of fused-ring (bicyclic) bond motifs is 1. The molecule has 5 rings (SSSR count). The molecule has 1 aromatic rings. The zero-order valence-corrected chi connectivity index (χ0v) is 17.4. The van der Waals surface area contributed by atoms with Crippen molar-refractivity contribution in [3.05, 3.63) is 35.9 Å². The van der Waals surface area contributed by atoms with E-state index in [1.807, 2.05) is 30.3 Å². The molecule has 3 N–H and O–H groups in total. The molecule has 1 amide bonds. The van der Waals surface area contributed by atoms with Gasteiger partial charge in [0.2, 0.25) is 5.91 Å². The van der Waals surface area contributed by atoms with Gasteiger partial charge in [0.25, 0.3) is 0 Å². The molecule has 4 aliphatic rings. The van der Waals surface area contributed by atoms with Gasteiger partial charge in [0.05, 0.1) is 0 Å². The lowest BCUT2D eigenvalue weighted by Gasteiger charge is -2.56. The van der Waals surface area contributed by atoms with E-state index in [9.17, 15) is 14.7 Å². The molecule has 1 saturated carbocycles. The highest BCUT2D eigenvalue weighted by molar-refractivity contribution is 5.89. The van der Waals surface area contributed by atoms with Crippen LogP contribution < -0.4 is 10.6 Å². The first kappa shape index (κ1) is 20.4. The average Bonchev–Trinajstić information content (AvgIpc) is 2.94. The third-order valence-electron chi connectivity index (χ3n) is 7.18. The highest BCUT2D eigenvalue weighted by atomic mass is 16.4. The third-order valence-corrected chi connectivity index (χ3v) is 7.18. The lowest BCUT2D eigenvalue weighted by molar-refractivity contribution is -0.140. The van der Waals surface area contributed by atoms with E-state index in [0.717, 1.165) is 31.6 Å². The van der Waals surface area contributed by atoms with Crippen molar-refractivity contribution in [3.63, 3.8) is 0 Å². The Kier molecular flexibility index (Phi) is 5.67. The lowest BCUT2D eigenvalue weighted by Crippen LogP contribution is -2.76. The Hall–Kier alpha value is -1.92. The predicted molar refractivity (Wildman–Crippen MR) is 111 cm³/mol. The molecule has 3 aliphatic heterocycles. The molecular formula is C23H33N3O3. The summed E-state index contributed by atoms with van der Waals surface area (Å²) in [6, 6.07) is 10.1. The van der Waals surface area contributed by atoms with Gasteiger partial charge in [-0.25, -0.2) is 0 Å². The quantitative estimate of drug-likeness (QED) is 0.624. The molecule has 3 saturated heterocycles. The van der Waals surface area contributed by atoms with Crippen LogP contribution in [0.25, 0.3) is 0 Å². The van der Waals surface area contributed by atoms with Crippen LogP contribution in [0.15, 0.2) is 30.3 Å². The summed E-state index contributed by atoms with van der Waals surface area (Å²) in [6.07, 6.45) is 1.85. The molecular weight excluding hydrogens is 366 g/mol. The Bertz CT molecular complexity index is 753. The maximum absolute atomic E-state index is 13.6. The number of amides is 1. The molecule has 1 aliphatic carbocycles. The standard InChI is InChI=1S/C23H33N3O3/c1-15(2)13-26-14-18-10-17-12-25-23(18,21(26)19(17)8-9-20(27)28)22(29)24-11-16-6-4-3-5-7-16/h3-7,15,17-19,21,25H,8-14H2,1-2H3,(H,24,29)(H,27,28)/t17-,18-,19+,21-,23-/m0/s1. The van der Waals surface area contributed by atoms with Crippen molar-refractivity contribution >= 4 is 11.9 Å². The summed E-state index contributed by atoms with van der Waals surface area (Å²) >= 11 is 0. The predicted octanol–water partition coefficient (Wildman–Crippen LogP) is 2.10. The molecule has 6 heteroatoms. The van der Waals surface area contributed by atoms with E-state index in [2.05, 4.69) is 29.4 Å². The normalized spacial score (nSPS) is 33.2. The summed E-state index contributed by atoms with van der Waals surface area (Å²) in [7, 11) is 0. The number of carboxylic acid groups (broad SMARTS) is 1. The number of carbonyl (C=O) groups excluding carboxylic acids is 1. The first-order valence-corrected chi connectivity index (χ1v) is 10.9. The number of nitrogens with one attached hydrogen (secondary N) is 2. The van der Waals surface area contributed by atoms with Crippen LogP contribution in [0.3, 0.4) is 0 Å². The third kappa shape index (κ3) is 3.68. The van der Waals surface area contributed by atoms with E-state index < -0.39 is 11.5 Å². The van der Waals surface area contributed by atoms with Gasteiger partial charge < -0.3 is 15.7 Å². The van der Waals surface area contributed by atoms with Gasteiger partial charge in [0.1, 0.15) is 5.54 Å². The summed E-state index contributed by atoms with van der Waals surface area (Å²) in [5.74, 6) is 0.866. The van der Waals surface area contributed by atoms with Crippen LogP contribution in [-0.4, -0.2) is 53.1 Å². The summed E-state index contributed by atoms with van der Waals surface area (Å²) in [6.45, 7) is 7.63. The van der Waals surface area contributed by atoms with Gasteiger partial charge in [-0.1, -0.05) is 44.2 Å². The van der Waals surface area contributed by atoms with E-state index in [1.54, 1.807) is 0 Å². The Morgan fingerprint density at radius 3 is 2.76 bits per heavy atom.